The highest BCUT2D eigenvalue weighted by atomic mass is 16.5. The van der Waals surface area contributed by atoms with Crippen molar-refractivity contribution in [3.8, 4) is 11.5 Å². The number of ether oxygens (including phenoxy) is 2. The topological polar surface area (TPSA) is 68.6 Å². The number of aryl methyl sites for hydroxylation is 2. The molecule has 3 rings (SSSR count). The number of carbonyl (C=O) groups is 1. The van der Waals surface area contributed by atoms with Crippen molar-refractivity contribution >= 4 is 11.6 Å². The maximum atomic E-state index is 12.4. The van der Waals surface area contributed by atoms with Crippen LogP contribution in [0.15, 0.2) is 24.3 Å². The molecule has 0 radical (unpaired) electrons. The summed E-state index contributed by atoms with van der Waals surface area (Å²) in [5.74, 6) is 1.24. The van der Waals surface area contributed by atoms with Gasteiger partial charge in [0, 0.05) is 42.7 Å². The van der Waals surface area contributed by atoms with Crippen LogP contribution in [0.25, 0.3) is 0 Å². The van der Waals surface area contributed by atoms with Crippen molar-refractivity contribution in [3.63, 3.8) is 0 Å². The first-order valence-electron chi connectivity index (χ1n) is 8.76. The van der Waals surface area contributed by atoms with E-state index >= 15 is 0 Å². The van der Waals surface area contributed by atoms with E-state index in [9.17, 15) is 4.79 Å². The number of rotatable bonds is 6. The van der Waals surface area contributed by atoms with Gasteiger partial charge in [-0.05, 0) is 26.3 Å². The highest BCUT2D eigenvalue weighted by molar-refractivity contribution is 5.92. The molecule has 1 aliphatic heterocycles. The summed E-state index contributed by atoms with van der Waals surface area (Å²) in [4.78, 5) is 14.6. The number of carbonyl (C=O) groups excluding carboxylic acids is 1. The summed E-state index contributed by atoms with van der Waals surface area (Å²) in [6.45, 7) is 6.15. The zero-order chi connectivity index (χ0) is 18.7. The molecule has 1 aliphatic rings. The van der Waals surface area contributed by atoms with Gasteiger partial charge in [-0.25, -0.2) is 0 Å². The second kappa shape index (κ2) is 7.78. The fourth-order valence-electron chi connectivity index (χ4n) is 3.45. The quantitative estimate of drug-likeness (QED) is 0.859. The Hall–Kier alpha value is -2.54. The lowest BCUT2D eigenvalue weighted by molar-refractivity contribution is -0.117. The minimum absolute atomic E-state index is 0.0469. The highest BCUT2D eigenvalue weighted by Gasteiger charge is 2.26. The number of aromatic nitrogens is 2. The first-order valence-corrected chi connectivity index (χ1v) is 8.76. The Bertz CT molecular complexity index is 765. The maximum Gasteiger partial charge on any atom is 0.238 e. The van der Waals surface area contributed by atoms with Crippen molar-refractivity contribution in [2.24, 2.45) is 0 Å². The van der Waals surface area contributed by atoms with E-state index in [4.69, 9.17) is 9.47 Å². The number of amides is 1. The molecule has 2 heterocycles. The molecule has 1 amide bonds. The fourth-order valence-corrected chi connectivity index (χ4v) is 3.45. The molecular weight excluding hydrogens is 332 g/mol. The number of hydrogen-bond acceptors (Lipinski definition) is 5. The van der Waals surface area contributed by atoms with E-state index in [1.807, 2.05) is 6.92 Å². The Morgan fingerprint density at radius 2 is 1.88 bits per heavy atom. The molecular formula is C19H26N4O3. The van der Waals surface area contributed by atoms with Gasteiger partial charge in [-0.3, -0.25) is 14.4 Å². The number of benzene rings is 1. The summed E-state index contributed by atoms with van der Waals surface area (Å²) in [5.41, 5.74) is 2.87. The van der Waals surface area contributed by atoms with Crippen molar-refractivity contribution in [1.82, 2.24) is 14.7 Å². The van der Waals surface area contributed by atoms with Crippen LogP contribution >= 0.6 is 0 Å². The maximum absolute atomic E-state index is 12.4. The van der Waals surface area contributed by atoms with Gasteiger partial charge >= 0.3 is 0 Å². The van der Waals surface area contributed by atoms with Gasteiger partial charge in [0.15, 0.2) is 0 Å². The number of methoxy groups -OCH3 is 2. The second-order valence-corrected chi connectivity index (χ2v) is 6.70. The van der Waals surface area contributed by atoms with Crippen LogP contribution in [0.1, 0.15) is 23.9 Å². The molecule has 140 valence electrons. The van der Waals surface area contributed by atoms with Gasteiger partial charge < -0.3 is 14.8 Å². The van der Waals surface area contributed by atoms with Crippen LogP contribution in [0, 0.1) is 13.8 Å². The Labute approximate surface area is 153 Å². The third kappa shape index (κ3) is 4.16. The van der Waals surface area contributed by atoms with Crippen molar-refractivity contribution in [2.45, 2.75) is 26.3 Å². The zero-order valence-electron chi connectivity index (χ0n) is 15.8. The Kier molecular flexibility index (Phi) is 5.46. The number of likely N-dealkylation sites (tertiary alicyclic amines) is 1. The van der Waals surface area contributed by atoms with Crippen molar-refractivity contribution in [2.75, 3.05) is 39.2 Å². The van der Waals surface area contributed by atoms with Crippen LogP contribution in [-0.4, -0.2) is 54.4 Å². The number of nitrogens with one attached hydrogen (secondary N) is 1. The van der Waals surface area contributed by atoms with E-state index < -0.39 is 0 Å². The lowest BCUT2D eigenvalue weighted by Crippen LogP contribution is -2.32. The molecule has 1 fully saturated rings. The van der Waals surface area contributed by atoms with Crippen molar-refractivity contribution < 1.29 is 14.3 Å². The second-order valence-electron chi connectivity index (χ2n) is 6.70. The zero-order valence-corrected chi connectivity index (χ0v) is 15.8. The molecule has 0 spiro atoms. The number of nitrogens with zero attached hydrogens (tertiary/aromatic N) is 3. The largest absolute Gasteiger partial charge is 0.497 e. The molecule has 1 atom stereocenters. The molecule has 1 aromatic carbocycles. The Balaban J connectivity index is 1.58. The average Bonchev–Trinajstić information content (AvgIpc) is 3.19. The lowest BCUT2D eigenvalue weighted by Gasteiger charge is -2.17. The molecule has 2 aromatic rings. The molecule has 0 bridgehead atoms. The fraction of sp³-hybridized carbons (Fsp3) is 0.474. The smallest absolute Gasteiger partial charge is 0.238 e. The third-order valence-electron chi connectivity index (χ3n) is 4.64. The SMILES string of the molecule is COc1cc(NC(=O)CN2CCC(n3nc(C)cc3C)C2)cc(OC)c1. The van der Waals surface area contributed by atoms with E-state index in [-0.39, 0.29) is 5.91 Å². The van der Waals surface area contributed by atoms with E-state index in [1.165, 1.54) is 5.69 Å². The number of hydrogen-bond donors (Lipinski definition) is 1. The van der Waals surface area contributed by atoms with E-state index in [0.717, 1.165) is 25.2 Å². The van der Waals surface area contributed by atoms with Gasteiger partial charge in [-0.15, -0.1) is 0 Å². The average molecular weight is 358 g/mol. The Morgan fingerprint density at radius 1 is 1.19 bits per heavy atom. The lowest BCUT2D eigenvalue weighted by atomic mass is 10.2. The minimum Gasteiger partial charge on any atom is -0.497 e. The van der Waals surface area contributed by atoms with Gasteiger partial charge in [0.2, 0.25) is 5.91 Å². The summed E-state index contributed by atoms with van der Waals surface area (Å²) in [6.07, 6.45) is 1.00. The molecule has 0 aliphatic carbocycles. The monoisotopic (exact) mass is 358 g/mol. The first-order chi connectivity index (χ1) is 12.5. The van der Waals surface area contributed by atoms with Crippen LogP contribution < -0.4 is 14.8 Å². The van der Waals surface area contributed by atoms with Crippen LogP contribution in [0.4, 0.5) is 5.69 Å². The van der Waals surface area contributed by atoms with Gasteiger partial charge in [0.1, 0.15) is 11.5 Å². The summed E-state index contributed by atoms with van der Waals surface area (Å²) in [7, 11) is 3.17. The third-order valence-corrected chi connectivity index (χ3v) is 4.64. The van der Waals surface area contributed by atoms with E-state index in [2.05, 4.69) is 33.0 Å². The Morgan fingerprint density at radius 3 is 2.46 bits per heavy atom. The molecule has 1 aromatic heterocycles. The first kappa shape index (κ1) is 18.3. The molecule has 7 heteroatoms. The predicted molar refractivity (Wildman–Crippen MR) is 100.0 cm³/mol. The van der Waals surface area contributed by atoms with Crippen LogP contribution in [0.5, 0.6) is 11.5 Å². The minimum atomic E-state index is -0.0469. The van der Waals surface area contributed by atoms with Crippen LogP contribution in [0.2, 0.25) is 0 Å². The molecule has 1 saturated heterocycles. The van der Waals surface area contributed by atoms with E-state index in [1.54, 1.807) is 32.4 Å². The van der Waals surface area contributed by atoms with Crippen molar-refractivity contribution in [3.05, 3.63) is 35.7 Å². The molecule has 1 N–H and O–H groups in total. The predicted octanol–water partition coefficient (Wildman–Crippen LogP) is 2.40. The summed E-state index contributed by atoms with van der Waals surface area (Å²) >= 11 is 0. The van der Waals surface area contributed by atoms with Gasteiger partial charge in [0.25, 0.3) is 0 Å². The van der Waals surface area contributed by atoms with Crippen molar-refractivity contribution in [1.29, 1.82) is 0 Å². The summed E-state index contributed by atoms with van der Waals surface area (Å²) in [5, 5.41) is 7.50. The molecule has 26 heavy (non-hydrogen) atoms. The van der Waals surface area contributed by atoms with Crippen LogP contribution in [-0.2, 0) is 4.79 Å². The normalized spacial score (nSPS) is 17.3. The standard InChI is InChI=1S/C19H26N4O3/c1-13-7-14(2)23(21-13)16-5-6-22(11-16)12-19(24)20-15-8-17(25-3)10-18(9-15)26-4/h7-10,16H,5-6,11-12H2,1-4H3,(H,20,24). The van der Waals surface area contributed by atoms with Crippen LogP contribution in [0.3, 0.4) is 0 Å². The molecule has 7 nitrogen and oxygen atoms in total. The highest BCUT2D eigenvalue weighted by Crippen LogP contribution is 2.26. The molecule has 0 saturated carbocycles. The van der Waals surface area contributed by atoms with E-state index in [0.29, 0.717) is 29.8 Å². The summed E-state index contributed by atoms with van der Waals surface area (Å²) in [6, 6.07) is 7.75. The number of anilines is 1. The van der Waals surface area contributed by atoms with Gasteiger partial charge in [-0.1, -0.05) is 0 Å². The molecule has 1 unspecified atom stereocenters. The van der Waals surface area contributed by atoms with Gasteiger partial charge in [0.05, 0.1) is 32.5 Å². The van der Waals surface area contributed by atoms with Gasteiger partial charge in [-0.2, -0.15) is 5.10 Å². The summed E-state index contributed by atoms with van der Waals surface area (Å²) < 4.78 is 12.6.